The zero-order valence-corrected chi connectivity index (χ0v) is 13.3. The van der Waals surface area contributed by atoms with Crippen LogP contribution in [0.25, 0.3) is 0 Å². The molecule has 0 saturated heterocycles. The average Bonchev–Trinajstić information content (AvgIpc) is 2.56. The van der Waals surface area contributed by atoms with Gasteiger partial charge < -0.3 is 0 Å². The van der Waals surface area contributed by atoms with Crippen LogP contribution in [0.2, 0.25) is 0 Å². The van der Waals surface area contributed by atoms with Crippen molar-refractivity contribution in [1.29, 1.82) is 5.26 Å². The summed E-state index contributed by atoms with van der Waals surface area (Å²) in [4.78, 5) is 0. The number of rotatable bonds is 2. The first-order valence-electron chi connectivity index (χ1n) is 8.56. The third-order valence-corrected chi connectivity index (χ3v) is 5.66. The van der Waals surface area contributed by atoms with Gasteiger partial charge in [-0.1, -0.05) is 18.2 Å². The molecule has 2 heteroatoms. The van der Waals surface area contributed by atoms with Crippen LogP contribution in [0.15, 0.2) is 24.3 Å². The van der Waals surface area contributed by atoms with Crippen LogP contribution in [0.4, 0.5) is 4.39 Å². The van der Waals surface area contributed by atoms with Gasteiger partial charge >= 0.3 is 0 Å². The van der Waals surface area contributed by atoms with E-state index in [0.29, 0.717) is 5.92 Å². The van der Waals surface area contributed by atoms with Crippen LogP contribution in [-0.2, 0) is 12.8 Å². The lowest BCUT2D eigenvalue weighted by Gasteiger charge is -2.36. The molecule has 1 unspecified atom stereocenters. The maximum absolute atomic E-state index is 14.2. The van der Waals surface area contributed by atoms with Crippen LogP contribution >= 0.6 is 0 Å². The van der Waals surface area contributed by atoms with Crippen LogP contribution in [0, 0.1) is 34.9 Å². The van der Waals surface area contributed by atoms with E-state index >= 15 is 0 Å². The molecule has 1 atom stereocenters. The Hall–Kier alpha value is -1.62. The highest BCUT2D eigenvalue weighted by atomic mass is 19.1. The molecule has 0 bridgehead atoms. The second-order valence-corrected chi connectivity index (χ2v) is 6.88. The molecule has 1 aromatic carbocycles. The summed E-state index contributed by atoms with van der Waals surface area (Å²) in [6, 6.07) is 5.59. The van der Waals surface area contributed by atoms with E-state index in [2.05, 4.69) is 19.1 Å². The smallest absolute Gasteiger partial charge is 0.144 e. The van der Waals surface area contributed by atoms with Crippen molar-refractivity contribution in [1.82, 2.24) is 0 Å². The SMILES string of the molecule is C/C=C/C1CCC(C2CCc3c(ccc(C#N)c3F)C2)CC1. The maximum Gasteiger partial charge on any atom is 0.144 e. The molecule has 1 aromatic rings. The van der Waals surface area contributed by atoms with Crippen LogP contribution in [0.3, 0.4) is 0 Å². The zero-order chi connectivity index (χ0) is 15.5. The lowest BCUT2D eigenvalue weighted by molar-refractivity contribution is 0.205. The van der Waals surface area contributed by atoms with E-state index in [4.69, 9.17) is 5.26 Å². The largest absolute Gasteiger partial charge is 0.205 e. The Kier molecular flexibility index (Phi) is 4.62. The predicted octanol–water partition coefficient (Wildman–Crippen LogP) is 5.18. The van der Waals surface area contributed by atoms with Gasteiger partial charge in [-0.15, -0.1) is 0 Å². The van der Waals surface area contributed by atoms with E-state index in [1.807, 2.05) is 12.1 Å². The average molecular weight is 297 g/mol. The normalized spacial score (nSPS) is 28.3. The Bertz CT molecular complexity index is 603. The standard InChI is InChI=1S/C20H24FN/c1-2-3-14-4-6-15(7-5-14)16-10-11-19-17(12-16)8-9-18(13-22)20(19)21/h2-3,8-9,14-16H,4-7,10-12H2,1H3/b3-2+. The Balaban J connectivity index is 1.68. The van der Waals surface area contributed by atoms with Gasteiger partial charge in [0.25, 0.3) is 0 Å². The Morgan fingerprint density at radius 1 is 1.14 bits per heavy atom. The quantitative estimate of drug-likeness (QED) is 0.690. The Labute approximate surface area is 132 Å². The van der Waals surface area contributed by atoms with Gasteiger partial charge in [-0.2, -0.15) is 5.26 Å². The van der Waals surface area contributed by atoms with Crippen molar-refractivity contribution < 1.29 is 4.39 Å². The molecule has 0 aliphatic heterocycles. The summed E-state index contributed by atoms with van der Waals surface area (Å²) in [7, 11) is 0. The van der Waals surface area contributed by atoms with Crippen molar-refractivity contribution in [2.45, 2.75) is 51.9 Å². The number of nitriles is 1. The maximum atomic E-state index is 14.2. The molecule has 1 nitrogen and oxygen atoms in total. The fourth-order valence-corrected chi connectivity index (χ4v) is 4.41. The number of nitrogens with zero attached hydrogens (tertiary/aromatic N) is 1. The highest BCUT2D eigenvalue weighted by molar-refractivity contribution is 5.41. The van der Waals surface area contributed by atoms with E-state index in [0.717, 1.165) is 42.2 Å². The van der Waals surface area contributed by atoms with E-state index in [1.165, 1.54) is 25.7 Å². The fourth-order valence-electron chi connectivity index (χ4n) is 4.41. The van der Waals surface area contributed by atoms with E-state index in [9.17, 15) is 4.39 Å². The lowest BCUT2D eigenvalue weighted by atomic mass is 9.69. The summed E-state index contributed by atoms with van der Waals surface area (Å²) >= 11 is 0. The van der Waals surface area contributed by atoms with Crippen molar-refractivity contribution in [3.63, 3.8) is 0 Å². The lowest BCUT2D eigenvalue weighted by Crippen LogP contribution is -2.26. The molecule has 0 amide bonds. The minimum absolute atomic E-state index is 0.198. The second-order valence-electron chi connectivity index (χ2n) is 6.88. The van der Waals surface area contributed by atoms with Crippen LogP contribution in [0.1, 0.15) is 55.7 Å². The molecule has 2 aliphatic carbocycles. The third-order valence-electron chi connectivity index (χ3n) is 5.66. The van der Waals surface area contributed by atoms with Gasteiger partial charge in [0.2, 0.25) is 0 Å². The highest BCUT2D eigenvalue weighted by Gasteiger charge is 2.30. The topological polar surface area (TPSA) is 23.8 Å². The molecule has 3 rings (SSSR count). The van der Waals surface area contributed by atoms with Gasteiger partial charge in [-0.25, -0.2) is 4.39 Å². The van der Waals surface area contributed by atoms with Crippen molar-refractivity contribution in [3.8, 4) is 6.07 Å². The first-order valence-corrected chi connectivity index (χ1v) is 8.56. The van der Waals surface area contributed by atoms with Crippen molar-refractivity contribution in [2.75, 3.05) is 0 Å². The zero-order valence-electron chi connectivity index (χ0n) is 13.3. The number of benzene rings is 1. The number of hydrogen-bond donors (Lipinski definition) is 0. The van der Waals surface area contributed by atoms with Gasteiger partial charge in [0.15, 0.2) is 0 Å². The van der Waals surface area contributed by atoms with Gasteiger partial charge in [-0.3, -0.25) is 0 Å². The van der Waals surface area contributed by atoms with Crippen molar-refractivity contribution in [3.05, 3.63) is 46.8 Å². The van der Waals surface area contributed by atoms with Crippen LogP contribution < -0.4 is 0 Å². The van der Waals surface area contributed by atoms with Crippen molar-refractivity contribution in [2.24, 2.45) is 17.8 Å². The molecule has 0 radical (unpaired) electrons. The molecule has 0 heterocycles. The molecule has 1 saturated carbocycles. The first kappa shape index (κ1) is 15.3. The molecule has 1 fully saturated rings. The minimum Gasteiger partial charge on any atom is -0.205 e. The number of hydrogen-bond acceptors (Lipinski definition) is 1. The summed E-state index contributed by atoms with van der Waals surface area (Å²) < 4.78 is 14.2. The van der Waals surface area contributed by atoms with E-state index < -0.39 is 0 Å². The second kappa shape index (κ2) is 6.65. The van der Waals surface area contributed by atoms with Gasteiger partial charge in [-0.05, 0) is 86.8 Å². The molecule has 0 spiro atoms. The van der Waals surface area contributed by atoms with Crippen LogP contribution in [0.5, 0.6) is 0 Å². The molecule has 2 aliphatic rings. The van der Waals surface area contributed by atoms with Gasteiger partial charge in [0.05, 0.1) is 5.56 Å². The molecule has 22 heavy (non-hydrogen) atoms. The molecular formula is C20H24FN. The van der Waals surface area contributed by atoms with Crippen LogP contribution in [-0.4, -0.2) is 0 Å². The Morgan fingerprint density at radius 3 is 2.59 bits per heavy atom. The van der Waals surface area contributed by atoms with E-state index in [-0.39, 0.29) is 11.4 Å². The Morgan fingerprint density at radius 2 is 1.91 bits per heavy atom. The van der Waals surface area contributed by atoms with Crippen molar-refractivity contribution >= 4 is 0 Å². The molecule has 0 aromatic heterocycles. The van der Waals surface area contributed by atoms with Gasteiger partial charge in [0.1, 0.15) is 11.9 Å². The third kappa shape index (κ3) is 2.95. The number of fused-ring (bicyclic) bond motifs is 1. The summed E-state index contributed by atoms with van der Waals surface area (Å²) in [6.07, 6.45) is 12.6. The first-order chi connectivity index (χ1) is 10.7. The monoisotopic (exact) mass is 297 g/mol. The highest BCUT2D eigenvalue weighted by Crippen LogP contribution is 2.40. The van der Waals surface area contributed by atoms with Gasteiger partial charge in [0, 0.05) is 0 Å². The number of halogens is 1. The van der Waals surface area contributed by atoms with E-state index in [1.54, 1.807) is 6.07 Å². The minimum atomic E-state index is -0.268. The molecular weight excluding hydrogens is 273 g/mol. The summed E-state index contributed by atoms with van der Waals surface area (Å²) in [5.74, 6) is 2.00. The molecule has 116 valence electrons. The number of allylic oxidation sites excluding steroid dienone is 2. The summed E-state index contributed by atoms with van der Waals surface area (Å²) in [5, 5.41) is 8.95. The predicted molar refractivity (Wildman–Crippen MR) is 86.9 cm³/mol. The fraction of sp³-hybridized carbons (Fsp3) is 0.550. The summed E-state index contributed by atoms with van der Waals surface area (Å²) in [6.45, 7) is 2.11. The molecule has 0 N–H and O–H groups in total. The summed E-state index contributed by atoms with van der Waals surface area (Å²) in [5.41, 5.74) is 2.14.